The molecule has 13 atom stereocenters. The van der Waals surface area contributed by atoms with Gasteiger partial charge in [-0.15, -0.1) is 32.3 Å². The monoisotopic (exact) mass is 1220 g/mol. The van der Waals surface area contributed by atoms with Crippen molar-refractivity contribution < 1.29 is 68.9 Å². The third-order valence-corrected chi connectivity index (χ3v) is 16.5. The summed E-state index contributed by atoms with van der Waals surface area (Å²) in [6.45, 7) is 32.7. The van der Waals surface area contributed by atoms with Crippen LogP contribution in [0.4, 0.5) is 0 Å². The molecule has 454 valence electrons. The molecule has 6 aliphatic rings. The molecule has 4 aliphatic heterocycles. The minimum Gasteiger partial charge on any atom is 3.00 e. The molecule has 2 aliphatic carbocycles. The van der Waals surface area contributed by atoms with Crippen LogP contribution in [-0.4, -0.2) is 152 Å². The van der Waals surface area contributed by atoms with Crippen LogP contribution >= 0.6 is 0 Å². The number of halogens is 2. The van der Waals surface area contributed by atoms with Gasteiger partial charge in [-0.1, -0.05) is 157 Å². The van der Waals surface area contributed by atoms with E-state index in [1.54, 1.807) is 0 Å². The van der Waals surface area contributed by atoms with Gasteiger partial charge < -0.3 is 40.2 Å². The second-order valence-corrected chi connectivity index (χ2v) is 27.3. The molecule has 0 N–H and O–H groups in total. The molecule has 0 aromatic heterocycles. The molecule has 2 saturated carbocycles. The number of ether oxygens (including phenoxy) is 4. The van der Waals surface area contributed by atoms with E-state index in [-0.39, 0.29) is 47.0 Å². The zero-order valence-corrected chi connectivity index (χ0v) is 54.1. The van der Waals surface area contributed by atoms with Gasteiger partial charge in [0, 0.05) is 26.4 Å². The number of hydrogen-bond donors (Lipinski definition) is 0. The van der Waals surface area contributed by atoms with Gasteiger partial charge in [-0.3, -0.25) is 20.0 Å². The number of rotatable bonds is 28. The second kappa shape index (κ2) is 43.3. The average Bonchev–Trinajstić information content (AvgIpc) is 3.41. The van der Waals surface area contributed by atoms with E-state index in [0.29, 0.717) is 105 Å². The molecule has 0 amide bonds. The van der Waals surface area contributed by atoms with Gasteiger partial charge in [-0.25, -0.2) is 0 Å². The normalized spacial score (nSPS) is 29.9. The summed E-state index contributed by atoms with van der Waals surface area (Å²) in [7, 11) is 8.35. The Labute approximate surface area is 502 Å². The molecule has 16 heteroatoms. The second-order valence-electron chi connectivity index (χ2n) is 25.3. The zero-order valence-electron chi connectivity index (χ0n) is 50.3. The number of nitrogens with zero attached hydrogens (tertiary/aromatic N) is 8. The van der Waals surface area contributed by atoms with Crippen LogP contribution in [0.25, 0.3) is 21.3 Å². The third kappa shape index (κ3) is 31.6. The first-order chi connectivity index (χ1) is 37.2. The maximum absolute atomic E-state index is 6.28. The molecular formula is C62H112Cl2Co2N8O4+2. The maximum atomic E-state index is 6.28. The smallest absolute Gasteiger partial charge is 3.00 e. The summed E-state index contributed by atoms with van der Waals surface area (Å²) >= 11 is 0.604. The number of piperidine rings is 3. The van der Waals surface area contributed by atoms with Gasteiger partial charge in [-0.2, -0.15) is 0 Å². The molecule has 0 radical (unpaired) electrons. The summed E-state index contributed by atoms with van der Waals surface area (Å²) in [6.07, 6.45) is 32.0. The van der Waals surface area contributed by atoms with Crippen LogP contribution in [0.5, 0.6) is 0 Å². The van der Waals surface area contributed by atoms with E-state index < -0.39 is 0 Å². The summed E-state index contributed by atoms with van der Waals surface area (Å²) in [5.41, 5.74) is 0. The average molecular weight is 1220 g/mol. The summed E-state index contributed by atoms with van der Waals surface area (Å²) in [4.78, 5) is 19.5. The quantitative estimate of drug-likeness (QED) is 0.0568. The minimum absolute atomic E-state index is 0. The van der Waals surface area contributed by atoms with Crippen LogP contribution < -0.4 is 0 Å². The molecule has 5 fully saturated rings. The Morgan fingerprint density at radius 1 is 0.449 bits per heavy atom. The first-order valence-electron chi connectivity index (χ1n) is 30.8. The third-order valence-electron chi connectivity index (χ3n) is 16.5. The van der Waals surface area contributed by atoms with Crippen LogP contribution in [-0.2, 0) is 48.6 Å². The van der Waals surface area contributed by atoms with Gasteiger partial charge in [0.05, 0.1) is 50.6 Å². The van der Waals surface area contributed by atoms with Crippen molar-refractivity contribution in [3.8, 4) is 0 Å². The first-order valence-corrected chi connectivity index (χ1v) is 33.9. The van der Waals surface area contributed by atoms with Gasteiger partial charge in [0.15, 0.2) is 0 Å². The van der Waals surface area contributed by atoms with Gasteiger partial charge in [-0.05, 0) is 129 Å². The maximum Gasteiger partial charge on any atom is 3.00 e. The van der Waals surface area contributed by atoms with Gasteiger partial charge >= 0.3 is 50.0 Å². The Hall–Kier alpha value is -0.307. The fraction of sp³-hybridized carbons (Fsp3) is 0.903. The van der Waals surface area contributed by atoms with Crippen LogP contribution in [0.15, 0.2) is 32.1 Å². The SMILES string of the molecule is CC1CC(COCC(N=CC2CC=CC[N-]2)C(C)C)CC(COCC(N=CC2CCCC[N-]2)C(C)C)C1.CC1CC(COCC(N=CC2CCCC[N-]2)C(C)C)CC(COCC(N=CC2CCCC[N-]2)C(C)C)C1.[ClH+][Co+][ClH+].[Co+3]. The van der Waals surface area contributed by atoms with E-state index in [9.17, 15) is 0 Å². The van der Waals surface area contributed by atoms with Gasteiger partial charge in [0.2, 0.25) is 0 Å². The van der Waals surface area contributed by atoms with Crippen molar-refractivity contribution >= 4 is 24.9 Å². The van der Waals surface area contributed by atoms with Crippen LogP contribution in [0, 0.1) is 79.5 Å². The molecule has 13 unspecified atom stereocenters. The van der Waals surface area contributed by atoms with Gasteiger partial charge in [0.1, 0.15) is 0 Å². The van der Waals surface area contributed by atoms with Gasteiger partial charge in [0.25, 0.3) is 0 Å². The molecule has 12 nitrogen and oxygen atoms in total. The first kappa shape index (κ1) is 72.0. The van der Waals surface area contributed by atoms with Crippen molar-refractivity contribution in [3.05, 3.63) is 33.4 Å². The van der Waals surface area contributed by atoms with Crippen molar-refractivity contribution in [1.82, 2.24) is 0 Å². The van der Waals surface area contributed by atoms with Crippen molar-refractivity contribution in [3.63, 3.8) is 0 Å². The zero-order chi connectivity index (χ0) is 55.6. The Balaban J connectivity index is 0.000000386. The number of hydrogen-bond acceptors (Lipinski definition) is 8. The van der Waals surface area contributed by atoms with Crippen LogP contribution in [0.1, 0.15) is 172 Å². The number of aliphatic imine (C=N–C) groups is 4. The molecule has 3 saturated heterocycles. The molecule has 6 rings (SSSR count). The minimum atomic E-state index is 0. The standard InChI is InChI=1S/C31H56N4O2.C31H54N4O2.2ClH.2Co/c2*1-23(2)30(34-17-28-10-6-8-12-32-28)21-36-19-26-14-25(5)15-27(16-26)20-37-22-31(24(3)4)35-18-29-11-7-9-13-33-29;;;;/h17-18,23-31H,6-16,19-22H2,1-5H3;6,8,17-18,23-31H,7,9-16,19-22H2,1-5H3;2*1H;;/q2*-2;;;2*+3. The molecular weight excluding hydrogens is 1110 g/mol. The molecule has 78 heavy (non-hydrogen) atoms. The van der Waals surface area contributed by atoms with Crippen molar-refractivity contribution in [1.29, 1.82) is 0 Å². The largest absolute Gasteiger partial charge is 3.00 e. The van der Waals surface area contributed by atoms with E-state index >= 15 is 0 Å². The van der Waals surface area contributed by atoms with E-state index in [0.717, 1.165) is 90.1 Å². The molecule has 0 aromatic rings. The topological polar surface area (TPSA) is 143 Å². The van der Waals surface area contributed by atoms with E-state index in [1.807, 2.05) is 6.21 Å². The summed E-state index contributed by atoms with van der Waals surface area (Å²) < 4.78 is 25.1. The Kier molecular flexibility index (Phi) is 40.0. The predicted octanol–water partition coefficient (Wildman–Crippen LogP) is 13.5. The van der Waals surface area contributed by atoms with Crippen molar-refractivity contribution in [2.24, 2.45) is 79.1 Å². The summed E-state index contributed by atoms with van der Waals surface area (Å²) in [6, 6.07) is 2.07. The van der Waals surface area contributed by atoms with E-state index in [1.165, 1.54) is 77.0 Å². The van der Waals surface area contributed by atoms with E-state index in [4.69, 9.17) is 54.9 Å². The van der Waals surface area contributed by atoms with Crippen LogP contribution in [0.2, 0.25) is 0 Å². The summed E-state index contributed by atoms with van der Waals surface area (Å²) in [5, 5.41) is 18.7. The molecule has 0 bridgehead atoms. The van der Waals surface area contributed by atoms with E-state index in [2.05, 4.69) is 126 Å². The Bertz CT molecular complexity index is 1580. The molecule has 0 aromatic carbocycles. The Morgan fingerprint density at radius 2 is 0.744 bits per heavy atom. The fourth-order valence-corrected chi connectivity index (χ4v) is 11.7. The van der Waals surface area contributed by atoms with Crippen LogP contribution in [0.3, 0.4) is 0 Å². The van der Waals surface area contributed by atoms with Crippen molar-refractivity contribution in [2.45, 2.75) is 220 Å². The molecule has 0 spiro atoms. The van der Waals surface area contributed by atoms with Crippen molar-refractivity contribution in [2.75, 3.05) is 79.0 Å². The fourth-order valence-electron chi connectivity index (χ4n) is 11.7. The summed E-state index contributed by atoms with van der Waals surface area (Å²) in [5.74, 6) is 5.82. The predicted molar refractivity (Wildman–Crippen MR) is 318 cm³/mol. The Morgan fingerprint density at radius 3 is 0.987 bits per heavy atom. The molecule has 4 heterocycles.